The number of aliphatic hydroxyl groups excluding tert-OH is 2. The lowest BCUT2D eigenvalue weighted by Gasteiger charge is -2.35. The minimum Gasteiger partial charge on any atom is -0.390 e. The molecule has 2 aromatic carbocycles. The van der Waals surface area contributed by atoms with E-state index in [1.807, 2.05) is 0 Å². The Morgan fingerprint density at radius 3 is 1.86 bits per heavy atom. The molecule has 1 saturated heterocycles. The number of fused-ring (bicyclic) bond motifs is 2. The fourth-order valence-electron chi connectivity index (χ4n) is 4.64. The average molecular weight is 515 g/mol. The Morgan fingerprint density at radius 1 is 0.889 bits per heavy atom. The predicted octanol–water partition coefficient (Wildman–Crippen LogP) is 1.41. The summed E-state index contributed by atoms with van der Waals surface area (Å²) in [6.07, 6.45) is -1.53. The lowest BCUT2D eigenvalue weighted by molar-refractivity contribution is -0.130. The van der Waals surface area contributed by atoms with Gasteiger partial charge in [-0.15, -0.1) is 11.6 Å². The quantitative estimate of drug-likeness (QED) is 0.316. The van der Waals surface area contributed by atoms with Crippen molar-refractivity contribution in [2.75, 3.05) is 62.3 Å². The first-order valence-corrected chi connectivity index (χ1v) is 12.6. The number of nitrogens with one attached hydrogen (secondary N) is 2. The number of aliphatic hydroxyl groups is 2. The molecule has 1 aliphatic heterocycles. The van der Waals surface area contributed by atoms with E-state index in [1.54, 1.807) is 48.2 Å². The van der Waals surface area contributed by atoms with Crippen LogP contribution in [-0.4, -0.2) is 101 Å². The SMILES string of the molecule is CC(=O)N1CCN(C[C@@H](O)CNc2ccc(NC[C@H](O)CCl)c3c2C(=O)c2ccccc2C3=O)CC1. The number of amides is 1. The number of halogens is 1. The number of piperazine rings is 1. The Kier molecular flexibility index (Phi) is 8.25. The molecule has 0 spiro atoms. The summed E-state index contributed by atoms with van der Waals surface area (Å²) in [5, 5.41) is 26.7. The number of rotatable bonds is 9. The molecule has 10 heteroatoms. The third kappa shape index (κ3) is 5.54. The van der Waals surface area contributed by atoms with Crippen LogP contribution in [0.3, 0.4) is 0 Å². The summed E-state index contributed by atoms with van der Waals surface area (Å²) >= 11 is 5.70. The highest BCUT2D eigenvalue weighted by Gasteiger charge is 2.34. The Morgan fingerprint density at radius 2 is 1.39 bits per heavy atom. The van der Waals surface area contributed by atoms with E-state index in [2.05, 4.69) is 15.5 Å². The van der Waals surface area contributed by atoms with Gasteiger partial charge in [0.1, 0.15) is 0 Å². The van der Waals surface area contributed by atoms with Crippen LogP contribution in [0.4, 0.5) is 11.4 Å². The molecule has 2 atom stereocenters. The van der Waals surface area contributed by atoms with Crippen molar-refractivity contribution in [3.05, 3.63) is 58.7 Å². The molecule has 0 unspecified atom stereocenters. The van der Waals surface area contributed by atoms with Gasteiger partial charge in [-0.05, 0) is 12.1 Å². The number of nitrogens with zero attached hydrogens (tertiary/aromatic N) is 2. The van der Waals surface area contributed by atoms with Crippen molar-refractivity contribution in [1.29, 1.82) is 0 Å². The normalized spacial score (nSPS) is 17.3. The van der Waals surface area contributed by atoms with Gasteiger partial charge >= 0.3 is 0 Å². The number of anilines is 2. The first kappa shape index (κ1) is 26.1. The summed E-state index contributed by atoms with van der Waals surface area (Å²) in [4.78, 5) is 42.3. The predicted molar refractivity (Wildman–Crippen MR) is 138 cm³/mol. The van der Waals surface area contributed by atoms with Gasteiger partial charge in [-0.1, -0.05) is 24.3 Å². The van der Waals surface area contributed by atoms with Gasteiger partial charge in [-0.3, -0.25) is 19.3 Å². The van der Waals surface area contributed by atoms with Gasteiger partial charge < -0.3 is 25.7 Å². The Bertz CT molecular complexity index is 1150. The molecule has 0 bridgehead atoms. The van der Waals surface area contributed by atoms with Crippen LogP contribution < -0.4 is 10.6 Å². The molecule has 1 aliphatic carbocycles. The van der Waals surface area contributed by atoms with Crippen molar-refractivity contribution in [1.82, 2.24) is 9.80 Å². The van der Waals surface area contributed by atoms with Crippen molar-refractivity contribution in [2.45, 2.75) is 19.1 Å². The van der Waals surface area contributed by atoms with E-state index in [4.69, 9.17) is 11.6 Å². The van der Waals surface area contributed by atoms with Crippen LogP contribution in [0.2, 0.25) is 0 Å². The van der Waals surface area contributed by atoms with Crippen LogP contribution in [-0.2, 0) is 4.79 Å². The number of hydrogen-bond acceptors (Lipinski definition) is 8. The van der Waals surface area contributed by atoms with E-state index in [0.29, 0.717) is 55.2 Å². The van der Waals surface area contributed by atoms with Gasteiger partial charge in [0.15, 0.2) is 11.6 Å². The van der Waals surface area contributed by atoms with E-state index < -0.39 is 12.2 Å². The third-order valence-electron chi connectivity index (χ3n) is 6.60. The standard InChI is InChI=1S/C26H31ClN4O5/c1-16(32)31-10-8-30(9-11-31)15-18(34)14-29-22-7-6-21(28-13-17(33)12-27)23-24(22)26(36)20-5-3-2-4-19(20)25(23)35/h2-7,17-18,28-29,33-34H,8-15H2,1H3/t17-,18+/m1/s1. The first-order chi connectivity index (χ1) is 17.3. The highest BCUT2D eigenvalue weighted by molar-refractivity contribution is 6.31. The van der Waals surface area contributed by atoms with Crippen LogP contribution in [0.25, 0.3) is 0 Å². The molecule has 2 aliphatic rings. The molecular formula is C26H31ClN4O5. The van der Waals surface area contributed by atoms with Crippen molar-refractivity contribution >= 4 is 40.4 Å². The number of benzene rings is 2. The zero-order valence-electron chi connectivity index (χ0n) is 20.2. The molecule has 0 saturated carbocycles. The maximum absolute atomic E-state index is 13.5. The van der Waals surface area contributed by atoms with Gasteiger partial charge in [0.05, 0.1) is 29.2 Å². The van der Waals surface area contributed by atoms with E-state index >= 15 is 0 Å². The fourth-order valence-corrected chi connectivity index (χ4v) is 4.74. The summed E-state index contributed by atoms with van der Waals surface area (Å²) < 4.78 is 0. The van der Waals surface area contributed by atoms with Crippen molar-refractivity contribution in [3.8, 4) is 0 Å². The molecule has 9 nitrogen and oxygen atoms in total. The highest BCUT2D eigenvalue weighted by Crippen LogP contribution is 2.36. The second-order valence-electron chi connectivity index (χ2n) is 9.14. The van der Waals surface area contributed by atoms with Crippen molar-refractivity contribution < 1.29 is 24.6 Å². The number of carbonyl (C=O) groups excluding carboxylic acids is 3. The summed E-state index contributed by atoms with van der Waals surface area (Å²) in [5.74, 6) is -0.473. The minimum absolute atomic E-state index is 0.0340. The fraction of sp³-hybridized carbons (Fsp3) is 0.423. The lowest BCUT2D eigenvalue weighted by Crippen LogP contribution is -2.50. The third-order valence-corrected chi connectivity index (χ3v) is 6.95. The number of β-amino-alcohol motifs (C(OH)–C–C–N with tert-alkyl or cyclic N) is 1. The molecule has 2 aromatic rings. The topological polar surface area (TPSA) is 122 Å². The summed E-state index contributed by atoms with van der Waals surface area (Å²) in [6, 6.07) is 10.1. The molecule has 1 heterocycles. The average Bonchev–Trinajstić information content (AvgIpc) is 2.89. The second kappa shape index (κ2) is 11.4. The number of ketones is 2. The summed E-state index contributed by atoms with van der Waals surface area (Å²) in [6.45, 7) is 4.92. The second-order valence-corrected chi connectivity index (χ2v) is 9.45. The van der Waals surface area contributed by atoms with E-state index in [9.17, 15) is 24.6 Å². The largest absolute Gasteiger partial charge is 0.390 e. The van der Waals surface area contributed by atoms with Crippen molar-refractivity contribution in [2.24, 2.45) is 0 Å². The number of hydrogen-bond donors (Lipinski definition) is 4. The zero-order valence-corrected chi connectivity index (χ0v) is 20.9. The van der Waals surface area contributed by atoms with E-state index in [1.165, 1.54) is 0 Å². The van der Waals surface area contributed by atoms with Gasteiger partial charge in [0.25, 0.3) is 0 Å². The summed E-state index contributed by atoms with van der Waals surface area (Å²) in [5.41, 5.74) is 2.04. The molecule has 0 aromatic heterocycles. The summed E-state index contributed by atoms with van der Waals surface area (Å²) in [7, 11) is 0. The monoisotopic (exact) mass is 514 g/mol. The Hall–Kier alpha value is -2.98. The van der Waals surface area contributed by atoms with Crippen LogP contribution >= 0.6 is 11.6 Å². The Labute approximate surface area is 215 Å². The van der Waals surface area contributed by atoms with Gasteiger partial charge in [-0.2, -0.15) is 0 Å². The van der Waals surface area contributed by atoms with Crippen LogP contribution in [0.5, 0.6) is 0 Å². The first-order valence-electron chi connectivity index (χ1n) is 12.0. The molecule has 1 amide bonds. The molecule has 36 heavy (non-hydrogen) atoms. The smallest absolute Gasteiger partial charge is 0.219 e. The Balaban J connectivity index is 1.52. The number of carbonyl (C=O) groups is 3. The zero-order chi connectivity index (χ0) is 25.8. The molecule has 0 radical (unpaired) electrons. The minimum atomic E-state index is -0.811. The molecule has 4 rings (SSSR count). The molecular weight excluding hydrogens is 484 g/mol. The van der Waals surface area contributed by atoms with Gasteiger partial charge in [0.2, 0.25) is 5.91 Å². The van der Waals surface area contributed by atoms with Crippen LogP contribution in [0.15, 0.2) is 36.4 Å². The van der Waals surface area contributed by atoms with Crippen LogP contribution in [0.1, 0.15) is 38.8 Å². The highest BCUT2D eigenvalue weighted by atomic mass is 35.5. The molecule has 192 valence electrons. The maximum Gasteiger partial charge on any atom is 0.219 e. The molecule has 4 N–H and O–H groups in total. The van der Waals surface area contributed by atoms with E-state index in [0.717, 1.165) is 0 Å². The van der Waals surface area contributed by atoms with E-state index in [-0.39, 0.29) is 47.6 Å². The lowest BCUT2D eigenvalue weighted by atomic mass is 9.82. The number of alkyl halides is 1. The maximum atomic E-state index is 13.5. The van der Waals surface area contributed by atoms with Crippen molar-refractivity contribution in [3.63, 3.8) is 0 Å². The van der Waals surface area contributed by atoms with Gasteiger partial charge in [0, 0.05) is 75.2 Å². The van der Waals surface area contributed by atoms with Gasteiger partial charge in [-0.25, -0.2) is 0 Å². The molecule has 1 fully saturated rings. The van der Waals surface area contributed by atoms with Crippen LogP contribution in [0, 0.1) is 0 Å².